The third-order valence-corrected chi connectivity index (χ3v) is 5.52. The topological polar surface area (TPSA) is 40.6 Å². The van der Waals surface area contributed by atoms with Crippen LogP contribution in [-0.4, -0.2) is 47.3 Å². The summed E-state index contributed by atoms with van der Waals surface area (Å²) in [6, 6.07) is 10.7. The van der Waals surface area contributed by atoms with Gasteiger partial charge in [0.1, 0.15) is 0 Å². The summed E-state index contributed by atoms with van der Waals surface area (Å²) in [5.74, 6) is 0.0334. The first kappa shape index (κ1) is 17.0. The molecule has 0 saturated carbocycles. The average molecular weight is 328 g/mol. The predicted molar refractivity (Wildman–Crippen MR) is 94.5 cm³/mol. The lowest BCUT2D eigenvalue weighted by Crippen LogP contribution is -2.51. The second-order valence-corrected chi connectivity index (χ2v) is 7.27. The molecule has 3 rings (SSSR count). The van der Waals surface area contributed by atoms with Crippen molar-refractivity contribution in [3.05, 3.63) is 35.9 Å². The number of benzene rings is 1. The van der Waals surface area contributed by atoms with Gasteiger partial charge in [0.25, 0.3) is 0 Å². The Hall–Kier alpha value is -1.84. The van der Waals surface area contributed by atoms with E-state index in [0.29, 0.717) is 19.0 Å². The first-order chi connectivity index (χ1) is 11.6. The minimum atomic E-state index is -0.290. The Morgan fingerprint density at radius 1 is 0.958 bits per heavy atom. The van der Waals surface area contributed by atoms with Gasteiger partial charge in [-0.25, -0.2) is 0 Å². The zero-order chi connectivity index (χ0) is 16.9. The van der Waals surface area contributed by atoms with E-state index in [2.05, 4.69) is 31.2 Å². The van der Waals surface area contributed by atoms with E-state index < -0.39 is 0 Å². The minimum absolute atomic E-state index is 0.200. The molecule has 24 heavy (non-hydrogen) atoms. The van der Waals surface area contributed by atoms with Crippen molar-refractivity contribution in [3.63, 3.8) is 0 Å². The lowest BCUT2D eigenvalue weighted by molar-refractivity contribution is -0.154. The molecule has 2 aliphatic heterocycles. The van der Waals surface area contributed by atoms with Gasteiger partial charge < -0.3 is 9.80 Å². The highest BCUT2D eigenvalue weighted by Gasteiger charge is 2.33. The van der Waals surface area contributed by atoms with E-state index in [1.54, 1.807) is 9.80 Å². The molecule has 2 heterocycles. The number of nitrogens with zero attached hydrogens (tertiary/aromatic N) is 2. The van der Waals surface area contributed by atoms with Crippen LogP contribution in [0.5, 0.6) is 0 Å². The highest BCUT2D eigenvalue weighted by Crippen LogP contribution is 2.23. The van der Waals surface area contributed by atoms with Gasteiger partial charge in [0, 0.05) is 25.7 Å². The molecule has 1 aromatic rings. The SMILES string of the molecule is CC1CCCCN1C(=O)C(=O)N1CCC(Cc2ccccc2)CC1. The summed E-state index contributed by atoms with van der Waals surface area (Å²) in [6.45, 7) is 4.21. The molecule has 2 aliphatic rings. The lowest BCUT2D eigenvalue weighted by Gasteiger charge is -2.36. The van der Waals surface area contributed by atoms with Crippen molar-refractivity contribution in [2.24, 2.45) is 5.92 Å². The molecule has 1 atom stereocenters. The largest absolute Gasteiger partial charge is 0.334 e. The standard InChI is InChI=1S/C20H28N2O2/c1-16-7-5-6-12-22(16)20(24)19(23)21-13-10-18(11-14-21)15-17-8-3-2-4-9-17/h2-4,8-9,16,18H,5-7,10-15H2,1H3. The van der Waals surface area contributed by atoms with E-state index in [9.17, 15) is 9.59 Å². The van der Waals surface area contributed by atoms with E-state index in [1.807, 2.05) is 6.07 Å². The zero-order valence-corrected chi connectivity index (χ0v) is 14.6. The van der Waals surface area contributed by atoms with Crippen LogP contribution in [0.15, 0.2) is 30.3 Å². The van der Waals surface area contributed by atoms with Crippen LogP contribution in [0.4, 0.5) is 0 Å². The molecule has 1 aromatic carbocycles. The molecule has 0 N–H and O–H groups in total. The third kappa shape index (κ3) is 3.97. The number of hydrogen-bond donors (Lipinski definition) is 0. The summed E-state index contributed by atoms with van der Waals surface area (Å²) >= 11 is 0. The normalized spacial score (nSPS) is 22.5. The monoisotopic (exact) mass is 328 g/mol. The molecule has 2 fully saturated rings. The molecule has 0 radical (unpaired) electrons. The molecule has 4 nitrogen and oxygen atoms in total. The second kappa shape index (κ2) is 7.82. The minimum Gasteiger partial charge on any atom is -0.334 e. The summed E-state index contributed by atoms with van der Waals surface area (Å²) in [7, 11) is 0. The van der Waals surface area contributed by atoms with Gasteiger partial charge in [-0.2, -0.15) is 0 Å². The van der Waals surface area contributed by atoms with Gasteiger partial charge in [0.2, 0.25) is 0 Å². The molecule has 2 amide bonds. The van der Waals surface area contributed by atoms with Gasteiger partial charge in [-0.3, -0.25) is 9.59 Å². The summed E-state index contributed by atoms with van der Waals surface area (Å²) in [6.07, 6.45) is 6.23. The number of rotatable bonds is 2. The highest BCUT2D eigenvalue weighted by molar-refractivity contribution is 6.35. The number of amides is 2. The molecule has 0 aliphatic carbocycles. The van der Waals surface area contributed by atoms with Crippen LogP contribution in [0.2, 0.25) is 0 Å². The Balaban J connectivity index is 1.50. The second-order valence-electron chi connectivity index (χ2n) is 7.27. The highest BCUT2D eigenvalue weighted by atomic mass is 16.2. The molecule has 0 aromatic heterocycles. The molecular weight excluding hydrogens is 300 g/mol. The van der Waals surface area contributed by atoms with E-state index in [-0.39, 0.29) is 17.9 Å². The first-order valence-corrected chi connectivity index (χ1v) is 9.29. The van der Waals surface area contributed by atoms with Crippen LogP contribution in [0.1, 0.15) is 44.6 Å². The molecule has 1 unspecified atom stereocenters. The van der Waals surface area contributed by atoms with E-state index in [0.717, 1.165) is 45.1 Å². The maximum Gasteiger partial charge on any atom is 0.312 e. The fraction of sp³-hybridized carbons (Fsp3) is 0.600. The Morgan fingerprint density at radius 3 is 2.33 bits per heavy atom. The van der Waals surface area contributed by atoms with E-state index >= 15 is 0 Å². The van der Waals surface area contributed by atoms with Gasteiger partial charge in [-0.1, -0.05) is 30.3 Å². The zero-order valence-electron chi connectivity index (χ0n) is 14.6. The van der Waals surface area contributed by atoms with Gasteiger partial charge in [-0.05, 0) is 56.9 Å². The number of carbonyl (C=O) groups is 2. The molecule has 0 bridgehead atoms. The Labute approximate surface area is 144 Å². The summed E-state index contributed by atoms with van der Waals surface area (Å²) < 4.78 is 0. The average Bonchev–Trinajstić information content (AvgIpc) is 2.62. The third-order valence-electron chi connectivity index (χ3n) is 5.52. The summed E-state index contributed by atoms with van der Waals surface area (Å²) in [4.78, 5) is 28.6. The van der Waals surface area contributed by atoms with Crippen molar-refractivity contribution in [3.8, 4) is 0 Å². The van der Waals surface area contributed by atoms with Crippen LogP contribution in [0.25, 0.3) is 0 Å². The Bertz CT molecular complexity index is 564. The number of carbonyl (C=O) groups excluding carboxylic acids is 2. The maximum absolute atomic E-state index is 12.5. The molecular formula is C20H28N2O2. The fourth-order valence-electron chi connectivity index (χ4n) is 3.95. The van der Waals surface area contributed by atoms with E-state index in [1.165, 1.54) is 5.56 Å². The molecule has 0 spiro atoms. The molecule has 2 saturated heterocycles. The fourth-order valence-corrected chi connectivity index (χ4v) is 3.95. The van der Waals surface area contributed by atoms with Crippen LogP contribution in [0.3, 0.4) is 0 Å². The quantitative estimate of drug-likeness (QED) is 0.783. The van der Waals surface area contributed by atoms with Crippen molar-refractivity contribution < 1.29 is 9.59 Å². The number of hydrogen-bond acceptors (Lipinski definition) is 2. The number of likely N-dealkylation sites (tertiary alicyclic amines) is 2. The summed E-state index contributed by atoms with van der Waals surface area (Å²) in [5, 5.41) is 0. The van der Waals surface area contributed by atoms with Gasteiger partial charge in [-0.15, -0.1) is 0 Å². The van der Waals surface area contributed by atoms with E-state index in [4.69, 9.17) is 0 Å². The Morgan fingerprint density at radius 2 is 1.67 bits per heavy atom. The van der Waals surface area contributed by atoms with Crippen LogP contribution in [0, 0.1) is 5.92 Å². The number of piperidine rings is 2. The van der Waals surface area contributed by atoms with Crippen molar-refractivity contribution in [2.75, 3.05) is 19.6 Å². The maximum atomic E-state index is 12.5. The van der Waals surface area contributed by atoms with Crippen molar-refractivity contribution >= 4 is 11.8 Å². The smallest absolute Gasteiger partial charge is 0.312 e. The first-order valence-electron chi connectivity index (χ1n) is 9.29. The molecule has 4 heteroatoms. The summed E-state index contributed by atoms with van der Waals surface area (Å²) in [5.41, 5.74) is 1.36. The molecule has 130 valence electrons. The van der Waals surface area contributed by atoms with Gasteiger partial charge in [0.05, 0.1) is 0 Å². The van der Waals surface area contributed by atoms with Crippen LogP contribution >= 0.6 is 0 Å². The van der Waals surface area contributed by atoms with Crippen molar-refractivity contribution in [2.45, 2.75) is 51.5 Å². The van der Waals surface area contributed by atoms with Gasteiger partial charge >= 0.3 is 11.8 Å². The van der Waals surface area contributed by atoms with Crippen LogP contribution in [-0.2, 0) is 16.0 Å². The van der Waals surface area contributed by atoms with Gasteiger partial charge in [0.15, 0.2) is 0 Å². The van der Waals surface area contributed by atoms with Crippen LogP contribution < -0.4 is 0 Å². The predicted octanol–water partition coefficient (Wildman–Crippen LogP) is 2.87. The lowest BCUT2D eigenvalue weighted by atomic mass is 9.90. The van der Waals surface area contributed by atoms with Crippen molar-refractivity contribution in [1.82, 2.24) is 9.80 Å². The Kier molecular flexibility index (Phi) is 5.54. The van der Waals surface area contributed by atoms with Crippen molar-refractivity contribution in [1.29, 1.82) is 0 Å².